The highest BCUT2D eigenvalue weighted by molar-refractivity contribution is 4.69. The second-order valence-corrected chi connectivity index (χ2v) is 12.3. The van der Waals surface area contributed by atoms with Crippen LogP contribution in [0.15, 0.2) is 0 Å². The Bertz CT molecular complexity index is 449. The molecule has 0 N–H and O–H groups in total. The van der Waals surface area contributed by atoms with E-state index in [1.807, 2.05) is 0 Å². The zero-order valence-electron chi connectivity index (χ0n) is 25.9. The number of ether oxygens (including phenoxy) is 1. The molecular formula is C31H66N4O. The number of hydrogen-bond acceptors (Lipinski definition) is 5. The molecule has 0 radical (unpaired) electrons. The summed E-state index contributed by atoms with van der Waals surface area (Å²) in [5.74, 6) is 0. The first-order valence-corrected chi connectivity index (χ1v) is 15.8. The molecular weight excluding hydrogens is 444 g/mol. The Morgan fingerprint density at radius 2 is 0.556 bits per heavy atom. The normalized spacial score (nSPS) is 23.0. The van der Waals surface area contributed by atoms with Crippen molar-refractivity contribution in [2.75, 3.05) is 65.6 Å². The van der Waals surface area contributed by atoms with Gasteiger partial charge in [0, 0.05) is 37.3 Å². The van der Waals surface area contributed by atoms with Gasteiger partial charge in [0.05, 0.1) is 13.2 Å². The number of hydrogen-bond donors (Lipinski definition) is 0. The van der Waals surface area contributed by atoms with Gasteiger partial charge in [-0.2, -0.15) is 0 Å². The van der Waals surface area contributed by atoms with E-state index in [2.05, 4.69) is 75.0 Å². The Labute approximate surface area is 227 Å². The number of piperidine rings is 1. The third-order valence-corrected chi connectivity index (χ3v) is 8.14. The van der Waals surface area contributed by atoms with Gasteiger partial charge in [0.2, 0.25) is 0 Å². The molecule has 36 heavy (non-hydrogen) atoms. The summed E-state index contributed by atoms with van der Waals surface area (Å²) in [5.41, 5.74) is 0. The highest BCUT2D eigenvalue weighted by Gasteiger charge is 2.14. The summed E-state index contributed by atoms with van der Waals surface area (Å²) in [6.45, 7) is 30.2. The molecule has 0 saturated carbocycles. The maximum Gasteiger partial charge on any atom is 0.0594 e. The van der Waals surface area contributed by atoms with Gasteiger partial charge in [-0.3, -0.25) is 4.90 Å². The largest absolute Gasteiger partial charge is 0.379 e. The van der Waals surface area contributed by atoms with Crippen molar-refractivity contribution < 1.29 is 4.74 Å². The fraction of sp³-hybridized carbons (Fsp3) is 1.00. The van der Waals surface area contributed by atoms with Gasteiger partial charge in [0.15, 0.2) is 0 Å². The number of morpholine rings is 1. The van der Waals surface area contributed by atoms with Crippen LogP contribution in [0.3, 0.4) is 0 Å². The Morgan fingerprint density at radius 1 is 0.333 bits per heavy atom. The lowest BCUT2D eigenvalue weighted by atomic mass is 10.1. The lowest BCUT2D eigenvalue weighted by Gasteiger charge is -2.29. The zero-order chi connectivity index (χ0) is 26.8. The van der Waals surface area contributed by atoms with E-state index in [4.69, 9.17) is 4.74 Å². The van der Waals surface area contributed by atoms with Crippen LogP contribution in [0.5, 0.6) is 0 Å². The lowest BCUT2D eigenvalue weighted by Crippen LogP contribution is -2.40. The maximum absolute atomic E-state index is 5.21. The molecule has 216 valence electrons. The van der Waals surface area contributed by atoms with Crippen molar-refractivity contribution in [3.05, 3.63) is 0 Å². The summed E-state index contributed by atoms with van der Waals surface area (Å²) in [4.78, 5) is 10.1. The van der Waals surface area contributed by atoms with Gasteiger partial charge in [-0.15, -0.1) is 0 Å². The van der Waals surface area contributed by atoms with Gasteiger partial charge >= 0.3 is 0 Å². The minimum absolute atomic E-state index is 0.689. The summed E-state index contributed by atoms with van der Waals surface area (Å²) < 4.78 is 5.21. The molecule has 0 aliphatic carbocycles. The molecule has 0 bridgehead atoms. The van der Waals surface area contributed by atoms with Crippen LogP contribution < -0.4 is 0 Å². The summed E-state index contributed by atoms with van der Waals surface area (Å²) in [6.07, 6.45) is 12.8. The van der Waals surface area contributed by atoms with Crippen LogP contribution in [0, 0.1) is 0 Å². The van der Waals surface area contributed by atoms with E-state index in [0.29, 0.717) is 6.04 Å². The summed E-state index contributed by atoms with van der Waals surface area (Å²) in [5, 5.41) is 0. The van der Waals surface area contributed by atoms with E-state index in [0.717, 1.165) is 44.4 Å². The second kappa shape index (κ2) is 20.7. The molecule has 0 aromatic carbocycles. The molecule has 4 rings (SSSR count). The van der Waals surface area contributed by atoms with E-state index < -0.39 is 0 Å². The zero-order valence-corrected chi connectivity index (χ0v) is 25.9. The Balaban J connectivity index is 0.000000241. The van der Waals surface area contributed by atoms with Crippen molar-refractivity contribution in [3.8, 4) is 0 Å². The molecule has 4 aliphatic heterocycles. The third-order valence-electron chi connectivity index (χ3n) is 8.14. The summed E-state index contributed by atoms with van der Waals surface area (Å²) in [6, 6.07) is 3.00. The van der Waals surface area contributed by atoms with Crippen LogP contribution >= 0.6 is 0 Å². The molecule has 4 fully saturated rings. The summed E-state index contributed by atoms with van der Waals surface area (Å²) >= 11 is 0. The van der Waals surface area contributed by atoms with Crippen molar-refractivity contribution >= 4 is 0 Å². The quantitative estimate of drug-likeness (QED) is 0.437. The average molecular weight is 511 g/mol. The second-order valence-electron chi connectivity index (χ2n) is 12.3. The van der Waals surface area contributed by atoms with Crippen molar-refractivity contribution in [2.45, 2.75) is 137 Å². The van der Waals surface area contributed by atoms with Crippen molar-refractivity contribution in [1.29, 1.82) is 0 Å². The molecule has 0 aromatic heterocycles. The van der Waals surface area contributed by atoms with Crippen LogP contribution in [0.1, 0.15) is 113 Å². The molecule has 0 aromatic rings. The molecule has 5 nitrogen and oxygen atoms in total. The highest BCUT2D eigenvalue weighted by atomic mass is 16.5. The van der Waals surface area contributed by atoms with Gasteiger partial charge in [-0.05, 0) is 133 Å². The van der Waals surface area contributed by atoms with Crippen LogP contribution in [-0.4, -0.2) is 109 Å². The monoisotopic (exact) mass is 511 g/mol. The van der Waals surface area contributed by atoms with E-state index in [9.17, 15) is 0 Å². The Morgan fingerprint density at radius 3 is 0.806 bits per heavy atom. The molecule has 4 aliphatic rings. The SMILES string of the molecule is CC(C)N1CCCC1.CC(C)N1CCCCC1.CC(C)N1CCCCCC1.CC(C)N1CCOCC1. The van der Waals surface area contributed by atoms with Crippen molar-refractivity contribution in [2.24, 2.45) is 0 Å². The molecule has 5 heteroatoms. The standard InChI is InChI=1S/C9H19N.C8H17N.C7H15NO.C7H15N/c1-9(2)10-7-5-3-4-6-8-10;1-8(2)9-6-4-3-5-7-9;1-7(2)8-3-5-9-6-4-8;1-7(2)8-5-3-4-6-8/h9H,3-8H2,1-2H3;8H,3-7H2,1-2H3;7H,3-6H2,1-2H3;7H,3-6H2,1-2H3. The smallest absolute Gasteiger partial charge is 0.0594 e. The van der Waals surface area contributed by atoms with Crippen LogP contribution in [0.25, 0.3) is 0 Å². The first-order valence-electron chi connectivity index (χ1n) is 15.8. The van der Waals surface area contributed by atoms with Gasteiger partial charge in [0.1, 0.15) is 0 Å². The molecule has 4 heterocycles. The van der Waals surface area contributed by atoms with Crippen molar-refractivity contribution in [3.63, 3.8) is 0 Å². The number of nitrogens with zero attached hydrogens (tertiary/aromatic N) is 4. The van der Waals surface area contributed by atoms with Gasteiger partial charge in [-0.25, -0.2) is 0 Å². The highest BCUT2D eigenvalue weighted by Crippen LogP contribution is 2.12. The number of rotatable bonds is 4. The molecule has 4 saturated heterocycles. The first kappa shape index (κ1) is 33.8. The number of likely N-dealkylation sites (tertiary alicyclic amines) is 3. The maximum atomic E-state index is 5.21. The van der Waals surface area contributed by atoms with E-state index in [1.54, 1.807) is 0 Å². The minimum atomic E-state index is 0.689. The van der Waals surface area contributed by atoms with E-state index >= 15 is 0 Å². The average Bonchev–Trinajstić information content (AvgIpc) is 3.29. The van der Waals surface area contributed by atoms with Gasteiger partial charge < -0.3 is 19.4 Å². The molecule has 0 atom stereocenters. The minimum Gasteiger partial charge on any atom is -0.379 e. The Hall–Kier alpha value is -0.200. The fourth-order valence-corrected chi connectivity index (χ4v) is 5.40. The van der Waals surface area contributed by atoms with Gasteiger partial charge in [0.25, 0.3) is 0 Å². The van der Waals surface area contributed by atoms with Gasteiger partial charge in [-0.1, -0.05) is 19.3 Å². The molecule has 0 unspecified atom stereocenters. The fourth-order valence-electron chi connectivity index (χ4n) is 5.40. The van der Waals surface area contributed by atoms with Crippen LogP contribution in [-0.2, 0) is 4.74 Å². The molecule has 0 spiro atoms. The van der Waals surface area contributed by atoms with Crippen molar-refractivity contribution in [1.82, 2.24) is 19.6 Å². The topological polar surface area (TPSA) is 22.2 Å². The van der Waals surface area contributed by atoms with Crippen LogP contribution in [0.4, 0.5) is 0 Å². The lowest BCUT2D eigenvalue weighted by molar-refractivity contribution is 0.0238. The van der Waals surface area contributed by atoms with E-state index in [1.165, 1.54) is 97.1 Å². The first-order chi connectivity index (χ1) is 17.2. The van der Waals surface area contributed by atoms with E-state index in [-0.39, 0.29) is 0 Å². The third kappa shape index (κ3) is 15.9. The Kier molecular flexibility index (Phi) is 19.5. The molecule has 0 amide bonds. The summed E-state index contributed by atoms with van der Waals surface area (Å²) in [7, 11) is 0. The van der Waals surface area contributed by atoms with Crippen LogP contribution in [0.2, 0.25) is 0 Å². The predicted molar refractivity (Wildman–Crippen MR) is 159 cm³/mol. The predicted octanol–water partition coefficient (Wildman–Crippen LogP) is 6.37.